The fourth-order valence-electron chi connectivity index (χ4n) is 2.24. The largest absolute Gasteiger partial charge is 0.497 e. The summed E-state index contributed by atoms with van der Waals surface area (Å²) in [6, 6.07) is 17.5. The molecule has 2 aromatic carbocycles. The molecule has 0 saturated heterocycles. The van der Waals surface area contributed by atoms with Crippen molar-refractivity contribution in [3.63, 3.8) is 0 Å². The Kier molecular flexibility index (Phi) is 8.16. The van der Waals surface area contributed by atoms with Crippen molar-refractivity contribution in [3.8, 4) is 5.75 Å². The second kappa shape index (κ2) is 9.87. The van der Waals surface area contributed by atoms with Crippen LogP contribution in [-0.4, -0.2) is 19.6 Å². The molecule has 2 rings (SSSR count). The fraction of sp³-hybridized carbons (Fsp3) is 0.278. The van der Waals surface area contributed by atoms with E-state index in [9.17, 15) is 4.79 Å². The zero-order valence-electron chi connectivity index (χ0n) is 13.3. The van der Waals surface area contributed by atoms with Crippen molar-refractivity contribution in [3.05, 3.63) is 60.2 Å². The number of nitrogens with zero attached hydrogens (tertiary/aromatic N) is 1. The normalized spacial score (nSPS) is 9.83. The first-order valence-electron chi connectivity index (χ1n) is 7.43. The third kappa shape index (κ3) is 5.58. The number of halogens is 1. The van der Waals surface area contributed by atoms with Crippen LogP contribution in [0.2, 0.25) is 0 Å². The van der Waals surface area contributed by atoms with Crippen LogP contribution in [0.4, 0.5) is 5.69 Å². The Morgan fingerprint density at radius 3 is 2.30 bits per heavy atom. The van der Waals surface area contributed by atoms with Gasteiger partial charge in [0.1, 0.15) is 5.75 Å². The van der Waals surface area contributed by atoms with Crippen LogP contribution in [0.5, 0.6) is 5.75 Å². The molecular weight excluding hydrogens is 312 g/mol. The molecule has 2 aromatic rings. The van der Waals surface area contributed by atoms with E-state index in [1.165, 1.54) is 0 Å². The molecule has 0 bridgehead atoms. The van der Waals surface area contributed by atoms with Crippen molar-refractivity contribution in [2.45, 2.75) is 19.4 Å². The Hall–Kier alpha value is -2.04. The van der Waals surface area contributed by atoms with Crippen molar-refractivity contribution in [2.24, 2.45) is 5.73 Å². The minimum absolute atomic E-state index is 0. The summed E-state index contributed by atoms with van der Waals surface area (Å²) in [6.07, 6.45) is 1.15. The Balaban J connectivity index is 0.00000264. The second-order valence-electron chi connectivity index (χ2n) is 5.06. The molecule has 0 aromatic heterocycles. The van der Waals surface area contributed by atoms with Crippen molar-refractivity contribution in [1.29, 1.82) is 0 Å². The Bertz CT molecular complexity index is 588. The molecule has 2 N–H and O–H groups in total. The quantitative estimate of drug-likeness (QED) is 0.844. The predicted octanol–water partition coefficient (Wildman–Crippen LogP) is 3.39. The number of methoxy groups -OCH3 is 1. The number of anilines is 1. The number of hydrogen-bond acceptors (Lipinski definition) is 3. The highest BCUT2D eigenvalue weighted by molar-refractivity contribution is 5.93. The molecule has 124 valence electrons. The lowest BCUT2D eigenvalue weighted by molar-refractivity contribution is -0.118. The lowest BCUT2D eigenvalue weighted by atomic mass is 10.1. The molecule has 0 aliphatic rings. The highest BCUT2D eigenvalue weighted by atomic mass is 35.5. The Labute approximate surface area is 143 Å². The van der Waals surface area contributed by atoms with Gasteiger partial charge in [0.2, 0.25) is 5.91 Å². The maximum absolute atomic E-state index is 12.5. The van der Waals surface area contributed by atoms with E-state index in [0.29, 0.717) is 25.9 Å². The van der Waals surface area contributed by atoms with Gasteiger partial charge >= 0.3 is 0 Å². The molecule has 0 unspecified atom stereocenters. The molecular formula is C18H23ClN2O2. The van der Waals surface area contributed by atoms with E-state index >= 15 is 0 Å². The minimum Gasteiger partial charge on any atom is -0.497 e. The number of ether oxygens (including phenoxy) is 1. The number of amides is 1. The zero-order chi connectivity index (χ0) is 15.8. The lowest BCUT2D eigenvalue weighted by Gasteiger charge is -2.23. The van der Waals surface area contributed by atoms with E-state index in [2.05, 4.69) is 0 Å². The smallest absolute Gasteiger partial charge is 0.227 e. The number of rotatable bonds is 7. The molecule has 4 nitrogen and oxygen atoms in total. The van der Waals surface area contributed by atoms with Gasteiger partial charge in [-0.25, -0.2) is 0 Å². The maximum atomic E-state index is 12.5. The SMILES string of the molecule is COc1ccc(N(Cc2ccccc2)C(=O)CCCN)cc1.Cl. The van der Waals surface area contributed by atoms with Crippen LogP contribution < -0.4 is 15.4 Å². The Morgan fingerprint density at radius 2 is 1.74 bits per heavy atom. The summed E-state index contributed by atoms with van der Waals surface area (Å²) >= 11 is 0. The molecule has 5 heteroatoms. The molecule has 0 fully saturated rings. The molecule has 0 heterocycles. The van der Waals surface area contributed by atoms with Gasteiger partial charge in [0.25, 0.3) is 0 Å². The summed E-state index contributed by atoms with van der Waals surface area (Å²) in [4.78, 5) is 14.3. The van der Waals surface area contributed by atoms with Gasteiger partial charge in [-0.2, -0.15) is 0 Å². The highest BCUT2D eigenvalue weighted by Crippen LogP contribution is 2.22. The summed E-state index contributed by atoms with van der Waals surface area (Å²) in [5.41, 5.74) is 7.48. The molecule has 0 aliphatic carbocycles. The van der Waals surface area contributed by atoms with E-state index in [4.69, 9.17) is 10.5 Å². The van der Waals surface area contributed by atoms with Gasteiger partial charge in [0.15, 0.2) is 0 Å². The number of carbonyl (C=O) groups excluding carboxylic acids is 1. The van der Waals surface area contributed by atoms with Gasteiger partial charge in [-0.3, -0.25) is 4.79 Å². The van der Waals surface area contributed by atoms with Gasteiger partial charge in [-0.05, 0) is 42.8 Å². The molecule has 0 atom stereocenters. The first-order chi connectivity index (χ1) is 10.7. The standard InChI is InChI=1S/C18H22N2O2.ClH/c1-22-17-11-9-16(10-12-17)20(18(21)8-5-13-19)14-15-6-3-2-4-7-15;/h2-4,6-7,9-12H,5,8,13-14,19H2,1H3;1H. The third-order valence-electron chi connectivity index (χ3n) is 3.46. The molecule has 0 radical (unpaired) electrons. The summed E-state index contributed by atoms with van der Waals surface area (Å²) in [7, 11) is 1.63. The first kappa shape index (κ1) is 19.0. The van der Waals surface area contributed by atoms with Gasteiger partial charge in [-0.15, -0.1) is 12.4 Å². The van der Waals surface area contributed by atoms with Crippen molar-refractivity contribution in [1.82, 2.24) is 0 Å². The highest BCUT2D eigenvalue weighted by Gasteiger charge is 2.15. The topological polar surface area (TPSA) is 55.6 Å². The Morgan fingerprint density at radius 1 is 1.09 bits per heavy atom. The van der Waals surface area contributed by atoms with E-state index in [1.807, 2.05) is 54.6 Å². The van der Waals surface area contributed by atoms with Crippen LogP contribution in [-0.2, 0) is 11.3 Å². The molecule has 23 heavy (non-hydrogen) atoms. The van der Waals surface area contributed by atoms with Crippen molar-refractivity contribution in [2.75, 3.05) is 18.6 Å². The van der Waals surface area contributed by atoms with Crippen molar-refractivity contribution < 1.29 is 9.53 Å². The van der Waals surface area contributed by atoms with E-state index in [1.54, 1.807) is 12.0 Å². The first-order valence-corrected chi connectivity index (χ1v) is 7.43. The number of carbonyl (C=O) groups is 1. The molecule has 0 aliphatic heterocycles. The van der Waals surface area contributed by atoms with Gasteiger partial charge in [-0.1, -0.05) is 30.3 Å². The van der Waals surface area contributed by atoms with Gasteiger partial charge in [0.05, 0.1) is 13.7 Å². The third-order valence-corrected chi connectivity index (χ3v) is 3.46. The monoisotopic (exact) mass is 334 g/mol. The van der Waals surface area contributed by atoms with Crippen LogP contribution in [0.3, 0.4) is 0 Å². The molecule has 1 amide bonds. The van der Waals surface area contributed by atoms with Crippen LogP contribution in [0.15, 0.2) is 54.6 Å². The predicted molar refractivity (Wildman–Crippen MR) is 96.2 cm³/mol. The van der Waals surface area contributed by atoms with E-state index < -0.39 is 0 Å². The van der Waals surface area contributed by atoms with Gasteiger partial charge < -0.3 is 15.4 Å². The summed E-state index contributed by atoms with van der Waals surface area (Å²) in [5.74, 6) is 0.859. The summed E-state index contributed by atoms with van der Waals surface area (Å²) in [6.45, 7) is 1.07. The number of hydrogen-bond donors (Lipinski definition) is 1. The van der Waals surface area contributed by atoms with Crippen LogP contribution in [0.1, 0.15) is 18.4 Å². The minimum atomic E-state index is 0. The zero-order valence-corrected chi connectivity index (χ0v) is 14.1. The lowest BCUT2D eigenvalue weighted by Crippen LogP contribution is -2.30. The van der Waals surface area contributed by atoms with Crippen molar-refractivity contribution >= 4 is 24.0 Å². The number of benzene rings is 2. The average molecular weight is 335 g/mol. The molecule has 0 spiro atoms. The van der Waals surface area contributed by atoms with E-state index in [0.717, 1.165) is 17.0 Å². The maximum Gasteiger partial charge on any atom is 0.227 e. The van der Waals surface area contributed by atoms with Crippen LogP contribution >= 0.6 is 12.4 Å². The fourth-order valence-corrected chi connectivity index (χ4v) is 2.24. The number of nitrogens with two attached hydrogens (primary N) is 1. The van der Waals surface area contributed by atoms with E-state index in [-0.39, 0.29) is 18.3 Å². The van der Waals surface area contributed by atoms with Crippen LogP contribution in [0.25, 0.3) is 0 Å². The molecule has 0 saturated carbocycles. The average Bonchev–Trinajstić information content (AvgIpc) is 2.58. The summed E-state index contributed by atoms with van der Waals surface area (Å²) in [5, 5.41) is 0. The summed E-state index contributed by atoms with van der Waals surface area (Å²) < 4.78 is 5.17. The van der Waals surface area contributed by atoms with Crippen LogP contribution in [0, 0.1) is 0 Å². The second-order valence-corrected chi connectivity index (χ2v) is 5.06. The van der Waals surface area contributed by atoms with Gasteiger partial charge in [0, 0.05) is 12.1 Å².